The Kier molecular flexibility index (Phi) is 3.54. The van der Waals surface area contributed by atoms with Crippen LogP contribution in [0.15, 0.2) is 36.5 Å². The van der Waals surface area contributed by atoms with Crippen molar-refractivity contribution in [2.24, 2.45) is 0 Å². The van der Waals surface area contributed by atoms with Crippen LogP contribution in [-0.2, 0) is 6.54 Å². The average molecular weight is 241 g/mol. The summed E-state index contributed by atoms with van der Waals surface area (Å²) in [6.07, 6.45) is 1.75. The van der Waals surface area contributed by atoms with E-state index in [2.05, 4.69) is 10.3 Å². The second-order valence-electron chi connectivity index (χ2n) is 3.97. The molecule has 1 aromatic heterocycles. The first-order valence-electron chi connectivity index (χ1n) is 5.54. The van der Waals surface area contributed by atoms with Crippen molar-refractivity contribution in [1.29, 1.82) is 5.26 Å². The zero-order chi connectivity index (χ0) is 13.0. The molecule has 18 heavy (non-hydrogen) atoms. The lowest BCUT2D eigenvalue weighted by Crippen LogP contribution is -2.02. The summed E-state index contributed by atoms with van der Waals surface area (Å²) in [6, 6.07) is 10.1. The van der Waals surface area contributed by atoms with Gasteiger partial charge in [-0.05, 0) is 36.8 Å². The van der Waals surface area contributed by atoms with Crippen molar-refractivity contribution in [1.82, 2.24) is 4.98 Å². The number of hydrogen-bond acceptors (Lipinski definition) is 3. The topological polar surface area (TPSA) is 48.7 Å². The van der Waals surface area contributed by atoms with Gasteiger partial charge in [-0.25, -0.2) is 4.39 Å². The van der Waals surface area contributed by atoms with Gasteiger partial charge in [0.1, 0.15) is 5.82 Å². The average Bonchev–Trinajstić information content (AvgIpc) is 2.39. The van der Waals surface area contributed by atoms with Crippen molar-refractivity contribution in [3.05, 3.63) is 59.2 Å². The molecule has 0 saturated heterocycles. The van der Waals surface area contributed by atoms with Gasteiger partial charge in [-0.1, -0.05) is 6.07 Å². The lowest BCUT2D eigenvalue weighted by atomic mass is 10.2. The van der Waals surface area contributed by atoms with Crippen LogP contribution in [-0.4, -0.2) is 4.98 Å². The molecule has 3 nitrogen and oxygen atoms in total. The van der Waals surface area contributed by atoms with Crippen LogP contribution in [0, 0.1) is 24.1 Å². The van der Waals surface area contributed by atoms with Crippen molar-refractivity contribution in [3.8, 4) is 6.07 Å². The number of anilines is 1. The first kappa shape index (κ1) is 12.1. The number of rotatable bonds is 3. The number of pyridine rings is 1. The Balaban J connectivity index is 2.06. The molecule has 0 spiro atoms. The number of halogens is 1. The molecule has 0 aliphatic carbocycles. The zero-order valence-electron chi connectivity index (χ0n) is 9.94. The van der Waals surface area contributed by atoms with Crippen LogP contribution < -0.4 is 5.32 Å². The predicted octanol–water partition coefficient (Wildman–Crippen LogP) is 3.01. The summed E-state index contributed by atoms with van der Waals surface area (Å²) in [5, 5.41) is 11.6. The molecule has 1 heterocycles. The fourth-order valence-corrected chi connectivity index (χ4v) is 1.53. The first-order valence-corrected chi connectivity index (χ1v) is 5.54. The van der Waals surface area contributed by atoms with E-state index in [1.165, 1.54) is 6.07 Å². The first-order chi connectivity index (χ1) is 8.69. The number of aryl methyl sites for hydroxylation is 1. The Bertz CT molecular complexity index is 585. The number of aromatic nitrogens is 1. The third-order valence-corrected chi connectivity index (χ3v) is 2.55. The van der Waals surface area contributed by atoms with Crippen LogP contribution in [0.3, 0.4) is 0 Å². The Morgan fingerprint density at radius 3 is 2.78 bits per heavy atom. The Hall–Kier alpha value is -2.41. The number of nitriles is 1. The van der Waals surface area contributed by atoms with Crippen LogP contribution in [0.4, 0.5) is 10.1 Å². The number of nitrogens with one attached hydrogen (secondary N) is 1. The van der Waals surface area contributed by atoms with E-state index in [9.17, 15) is 4.39 Å². The molecular formula is C14H12FN3. The highest BCUT2D eigenvalue weighted by Crippen LogP contribution is 2.16. The van der Waals surface area contributed by atoms with Gasteiger partial charge in [-0.2, -0.15) is 5.26 Å². The molecular weight excluding hydrogens is 229 g/mol. The smallest absolute Gasteiger partial charge is 0.147 e. The highest BCUT2D eigenvalue weighted by molar-refractivity contribution is 5.49. The van der Waals surface area contributed by atoms with E-state index in [1.807, 2.05) is 25.1 Å². The monoisotopic (exact) mass is 241 g/mol. The van der Waals surface area contributed by atoms with Crippen LogP contribution in [0.1, 0.15) is 16.8 Å². The molecule has 0 aliphatic rings. The van der Waals surface area contributed by atoms with Gasteiger partial charge in [-0.15, -0.1) is 0 Å². The van der Waals surface area contributed by atoms with Crippen molar-refractivity contribution < 1.29 is 4.39 Å². The standard InChI is InChI=1S/C14H12FN3/c1-10-2-3-12(8-17-10)9-18-14-5-4-11(7-16)6-13(14)15/h2-6,8,18H,9H2,1H3. The fraction of sp³-hybridized carbons (Fsp3) is 0.143. The quantitative estimate of drug-likeness (QED) is 0.898. The molecule has 1 N–H and O–H groups in total. The summed E-state index contributed by atoms with van der Waals surface area (Å²) in [4.78, 5) is 4.16. The van der Waals surface area contributed by atoms with Gasteiger partial charge in [-0.3, -0.25) is 4.98 Å². The van der Waals surface area contributed by atoms with E-state index in [1.54, 1.807) is 18.3 Å². The third-order valence-electron chi connectivity index (χ3n) is 2.55. The summed E-state index contributed by atoms with van der Waals surface area (Å²) in [6.45, 7) is 2.41. The Labute approximate surface area is 105 Å². The molecule has 2 rings (SSSR count). The van der Waals surface area contributed by atoms with Crippen molar-refractivity contribution in [2.45, 2.75) is 13.5 Å². The van der Waals surface area contributed by atoms with E-state index >= 15 is 0 Å². The predicted molar refractivity (Wildman–Crippen MR) is 67.4 cm³/mol. The summed E-state index contributed by atoms with van der Waals surface area (Å²) in [7, 11) is 0. The van der Waals surface area contributed by atoms with E-state index in [0.717, 1.165) is 11.3 Å². The van der Waals surface area contributed by atoms with Gasteiger partial charge in [0, 0.05) is 18.4 Å². The van der Waals surface area contributed by atoms with Crippen LogP contribution in [0.5, 0.6) is 0 Å². The molecule has 2 aromatic rings. The van der Waals surface area contributed by atoms with Crippen molar-refractivity contribution >= 4 is 5.69 Å². The molecule has 0 unspecified atom stereocenters. The van der Waals surface area contributed by atoms with E-state index in [0.29, 0.717) is 17.8 Å². The van der Waals surface area contributed by atoms with E-state index in [-0.39, 0.29) is 0 Å². The highest BCUT2D eigenvalue weighted by atomic mass is 19.1. The molecule has 0 atom stereocenters. The lowest BCUT2D eigenvalue weighted by Gasteiger charge is -2.07. The van der Waals surface area contributed by atoms with Gasteiger partial charge in [0.05, 0.1) is 17.3 Å². The molecule has 0 fully saturated rings. The summed E-state index contributed by atoms with van der Waals surface area (Å²) in [5.74, 6) is -0.422. The van der Waals surface area contributed by atoms with Crippen LogP contribution in [0.25, 0.3) is 0 Å². The summed E-state index contributed by atoms with van der Waals surface area (Å²) < 4.78 is 13.6. The maximum atomic E-state index is 13.6. The second kappa shape index (κ2) is 5.28. The number of hydrogen-bond donors (Lipinski definition) is 1. The van der Waals surface area contributed by atoms with Gasteiger partial charge in [0.15, 0.2) is 0 Å². The molecule has 0 bridgehead atoms. The third kappa shape index (κ3) is 2.83. The maximum Gasteiger partial charge on any atom is 0.147 e. The fourth-order valence-electron chi connectivity index (χ4n) is 1.53. The van der Waals surface area contributed by atoms with Gasteiger partial charge >= 0.3 is 0 Å². The number of benzene rings is 1. The summed E-state index contributed by atoms with van der Waals surface area (Å²) >= 11 is 0. The largest absolute Gasteiger partial charge is 0.379 e. The minimum absolute atomic E-state index is 0.315. The molecule has 0 aliphatic heterocycles. The van der Waals surface area contributed by atoms with Gasteiger partial charge in [0.2, 0.25) is 0 Å². The molecule has 0 radical (unpaired) electrons. The minimum Gasteiger partial charge on any atom is -0.379 e. The second-order valence-corrected chi connectivity index (χ2v) is 3.97. The van der Waals surface area contributed by atoms with Gasteiger partial charge < -0.3 is 5.32 Å². The molecule has 0 saturated carbocycles. The zero-order valence-corrected chi connectivity index (χ0v) is 9.94. The van der Waals surface area contributed by atoms with Crippen molar-refractivity contribution in [3.63, 3.8) is 0 Å². The molecule has 4 heteroatoms. The summed E-state index contributed by atoms with van der Waals surface area (Å²) in [5.41, 5.74) is 2.62. The SMILES string of the molecule is Cc1ccc(CNc2ccc(C#N)cc2F)cn1. The lowest BCUT2D eigenvalue weighted by molar-refractivity contribution is 0.629. The molecule has 90 valence electrons. The number of nitrogens with zero attached hydrogens (tertiary/aromatic N) is 2. The van der Waals surface area contributed by atoms with E-state index < -0.39 is 5.82 Å². The van der Waals surface area contributed by atoms with Crippen molar-refractivity contribution in [2.75, 3.05) is 5.32 Å². The highest BCUT2D eigenvalue weighted by Gasteiger charge is 2.03. The maximum absolute atomic E-state index is 13.6. The molecule has 1 aromatic carbocycles. The Morgan fingerprint density at radius 1 is 1.33 bits per heavy atom. The minimum atomic E-state index is -0.422. The molecule has 0 amide bonds. The normalized spacial score (nSPS) is 9.83. The van der Waals surface area contributed by atoms with Gasteiger partial charge in [0.25, 0.3) is 0 Å². The van der Waals surface area contributed by atoms with Crippen LogP contribution >= 0.6 is 0 Å². The van der Waals surface area contributed by atoms with E-state index in [4.69, 9.17) is 5.26 Å². The Morgan fingerprint density at radius 2 is 2.17 bits per heavy atom. The van der Waals surface area contributed by atoms with Crippen LogP contribution in [0.2, 0.25) is 0 Å².